The van der Waals surface area contributed by atoms with E-state index in [1.54, 1.807) is 25.1 Å². The number of hydrogen-bond donors (Lipinski definition) is 3. The van der Waals surface area contributed by atoms with Gasteiger partial charge in [0.05, 0.1) is 24.1 Å². The molecule has 4 N–H and O–H groups in total. The van der Waals surface area contributed by atoms with Gasteiger partial charge in [-0.2, -0.15) is 0 Å². The summed E-state index contributed by atoms with van der Waals surface area (Å²) in [5.74, 6) is -11.0. The van der Waals surface area contributed by atoms with E-state index in [1.807, 2.05) is 0 Å². The number of phenolic OH excluding ortho intramolecular Hbond substituents is 1. The van der Waals surface area contributed by atoms with E-state index >= 15 is 0 Å². The van der Waals surface area contributed by atoms with Crippen LogP contribution < -0.4 is 5.73 Å². The van der Waals surface area contributed by atoms with Crippen LogP contribution in [-0.2, 0) is 36.8 Å². The Balaban J connectivity index is 1.81. The summed E-state index contributed by atoms with van der Waals surface area (Å²) >= 11 is 0. The summed E-state index contributed by atoms with van der Waals surface area (Å²) in [6, 6.07) is 1.70. The molecule has 2 unspecified atom stereocenters. The smallest absolute Gasteiger partial charge is 0.235 e. The van der Waals surface area contributed by atoms with Crippen molar-refractivity contribution in [3.63, 3.8) is 0 Å². The Kier molecular flexibility index (Phi) is 6.68. The van der Waals surface area contributed by atoms with Gasteiger partial charge in [-0.15, -0.1) is 0 Å². The number of aliphatic hydroxyl groups is 1. The summed E-state index contributed by atoms with van der Waals surface area (Å²) in [5.41, 5.74) is 3.44. The predicted octanol–water partition coefficient (Wildman–Crippen LogP) is -1.46. The lowest BCUT2D eigenvalue weighted by molar-refractivity contribution is -0.181. The number of likely N-dealkylation sites (N-methyl/N-ethyl adjacent to an activating group) is 2. The van der Waals surface area contributed by atoms with Crippen LogP contribution in [0.5, 0.6) is 5.75 Å². The first-order valence-electron chi connectivity index (χ1n) is 12.1. The van der Waals surface area contributed by atoms with Crippen LogP contribution in [-0.4, -0.2) is 101 Å². The van der Waals surface area contributed by atoms with E-state index in [4.69, 9.17) is 5.73 Å². The van der Waals surface area contributed by atoms with Crippen molar-refractivity contribution in [1.29, 1.82) is 0 Å². The van der Waals surface area contributed by atoms with Gasteiger partial charge in [-0.25, -0.2) is 0 Å². The number of nitrogens with two attached hydrogens (primary N) is 1. The first kappa shape index (κ1) is 26.8. The van der Waals surface area contributed by atoms with Crippen molar-refractivity contribution in [3.05, 3.63) is 28.8 Å². The lowest BCUT2D eigenvalue weighted by Crippen LogP contribution is -2.74. The molecule has 11 heteroatoms. The van der Waals surface area contributed by atoms with Gasteiger partial charge in [0.15, 0.2) is 40.4 Å². The van der Waals surface area contributed by atoms with Crippen LogP contribution in [0.2, 0.25) is 0 Å². The second kappa shape index (κ2) is 9.23. The molecule has 0 saturated heterocycles. The summed E-state index contributed by atoms with van der Waals surface area (Å²) in [4.78, 5) is 81.5. The van der Waals surface area contributed by atoms with Crippen molar-refractivity contribution in [3.8, 4) is 5.75 Å². The Morgan fingerprint density at radius 2 is 1.73 bits per heavy atom. The molecule has 2 saturated carbocycles. The second-order valence-corrected chi connectivity index (χ2v) is 10.8. The first-order valence-corrected chi connectivity index (χ1v) is 12.1. The molecule has 0 radical (unpaired) electrons. The molecule has 198 valence electrons. The maximum atomic E-state index is 13.8. The molecule has 0 spiro atoms. The number of aromatic hydroxyl groups is 1. The predicted molar refractivity (Wildman–Crippen MR) is 129 cm³/mol. The molecule has 1 aromatic rings. The number of carbonyl (C=O) groups excluding carboxylic acids is 6. The standard InChI is InChI=1S/C26H31N3O8/c1-28(2)10-13(30)7-11-5-6-16(31)18-14(11)8-12-9-15-20(29(3)4)22(33)19(25(27)36)24(35)26(15,37)23(34)17(12)21(18)32/h5-6,12,15,17,19-20,31,37H,7-10H2,1-4H3,(H2,27,36)/t12-,15-,17?,19?,20-,26-/m0/s1. The minimum atomic E-state index is -2.76. The maximum absolute atomic E-state index is 13.8. The van der Waals surface area contributed by atoms with Crippen molar-refractivity contribution in [2.24, 2.45) is 29.4 Å². The van der Waals surface area contributed by atoms with Crippen LogP contribution in [0, 0.1) is 23.7 Å². The van der Waals surface area contributed by atoms with E-state index < -0.39 is 64.4 Å². The van der Waals surface area contributed by atoms with Crippen molar-refractivity contribution in [2.45, 2.75) is 30.9 Å². The molecule has 0 bridgehead atoms. The average molecular weight is 514 g/mol. The Labute approximate surface area is 213 Å². The van der Waals surface area contributed by atoms with Crippen LogP contribution in [0.25, 0.3) is 0 Å². The number of rotatable bonds is 6. The van der Waals surface area contributed by atoms with E-state index in [0.29, 0.717) is 11.1 Å². The number of hydrogen-bond acceptors (Lipinski definition) is 10. The van der Waals surface area contributed by atoms with Gasteiger partial charge in [0.1, 0.15) is 5.75 Å². The molecule has 2 fully saturated rings. The van der Waals surface area contributed by atoms with Gasteiger partial charge in [0, 0.05) is 12.3 Å². The van der Waals surface area contributed by atoms with E-state index in [2.05, 4.69) is 0 Å². The molecule has 0 aliphatic heterocycles. The van der Waals surface area contributed by atoms with Gasteiger partial charge in [-0.05, 0) is 64.1 Å². The second-order valence-electron chi connectivity index (χ2n) is 10.8. The Morgan fingerprint density at radius 1 is 1.08 bits per heavy atom. The highest BCUT2D eigenvalue weighted by atomic mass is 16.3. The number of amides is 1. The fourth-order valence-electron chi connectivity index (χ4n) is 6.46. The van der Waals surface area contributed by atoms with Crippen LogP contribution in [0.4, 0.5) is 0 Å². The zero-order valence-electron chi connectivity index (χ0n) is 21.2. The molecule has 0 aromatic heterocycles. The zero-order valence-corrected chi connectivity index (χ0v) is 21.2. The summed E-state index contributed by atoms with van der Waals surface area (Å²) in [6.45, 7) is 0.180. The van der Waals surface area contributed by atoms with Crippen LogP contribution in [0.1, 0.15) is 27.9 Å². The summed E-state index contributed by atoms with van der Waals surface area (Å²) in [5, 5.41) is 22.1. The summed E-state index contributed by atoms with van der Waals surface area (Å²) < 4.78 is 0. The molecule has 11 nitrogen and oxygen atoms in total. The van der Waals surface area contributed by atoms with Crippen LogP contribution in [0.3, 0.4) is 0 Å². The van der Waals surface area contributed by atoms with Crippen molar-refractivity contribution >= 4 is 34.8 Å². The first-order chi connectivity index (χ1) is 17.2. The number of phenols is 1. The minimum Gasteiger partial charge on any atom is -0.507 e. The van der Waals surface area contributed by atoms with Gasteiger partial charge in [0.25, 0.3) is 0 Å². The lowest BCUT2D eigenvalue weighted by Gasteiger charge is -2.52. The van der Waals surface area contributed by atoms with Gasteiger partial charge in [-0.1, -0.05) is 6.07 Å². The Morgan fingerprint density at radius 3 is 2.30 bits per heavy atom. The minimum absolute atomic E-state index is 0.0182. The van der Waals surface area contributed by atoms with Crippen molar-refractivity contribution in [2.75, 3.05) is 34.7 Å². The van der Waals surface area contributed by atoms with E-state index in [9.17, 15) is 39.0 Å². The van der Waals surface area contributed by atoms with E-state index in [-0.39, 0.29) is 42.9 Å². The molecular weight excluding hydrogens is 482 g/mol. The number of benzene rings is 1. The lowest BCUT2D eigenvalue weighted by atomic mass is 9.52. The average Bonchev–Trinajstić information content (AvgIpc) is 2.77. The maximum Gasteiger partial charge on any atom is 0.235 e. The number of Topliss-reactive ketones (excluding diaryl/α,β-unsaturated/α-hetero) is 5. The number of primary amides is 1. The molecule has 37 heavy (non-hydrogen) atoms. The van der Waals surface area contributed by atoms with E-state index in [1.165, 1.54) is 25.1 Å². The fraction of sp³-hybridized carbons (Fsp3) is 0.538. The van der Waals surface area contributed by atoms with Gasteiger partial charge >= 0.3 is 0 Å². The van der Waals surface area contributed by atoms with Crippen LogP contribution in [0.15, 0.2) is 12.1 Å². The molecule has 4 rings (SSSR count). The van der Waals surface area contributed by atoms with Crippen molar-refractivity contribution < 1.29 is 39.0 Å². The number of ketones is 5. The van der Waals surface area contributed by atoms with Crippen LogP contribution >= 0.6 is 0 Å². The Bertz CT molecular complexity index is 1240. The molecule has 3 aliphatic carbocycles. The topological polar surface area (TPSA) is 175 Å². The summed E-state index contributed by atoms with van der Waals surface area (Å²) in [7, 11) is 6.57. The summed E-state index contributed by atoms with van der Waals surface area (Å²) in [6.07, 6.45) is 0.111. The molecule has 0 heterocycles. The quantitative estimate of drug-likeness (QED) is 0.381. The number of carbonyl (C=O) groups is 6. The third-order valence-electron chi connectivity index (χ3n) is 7.92. The normalized spacial score (nSPS) is 31.3. The molecule has 6 atom stereocenters. The van der Waals surface area contributed by atoms with Gasteiger partial charge in [0.2, 0.25) is 5.91 Å². The number of nitrogens with zero attached hydrogens (tertiary/aromatic N) is 2. The monoisotopic (exact) mass is 513 g/mol. The highest BCUT2D eigenvalue weighted by molar-refractivity contribution is 6.32. The molecule has 1 aromatic carbocycles. The molecule has 3 aliphatic rings. The van der Waals surface area contributed by atoms with Crippen molar-refractivity contribution in [1.82, 2.24) is 9.80 Å². The SMILES string of the molecule is CN(C)CC(=O)Cc1ccc(O)c2c1C[C@H]1C[C@H]3[C@H](N(C)C)C(=O)C(C(N)=O)C(=O)[C@@]3(O)C(=O)C1C2=O. The van der Waals surface area contributed by atoms with Gasteiger partial charge in [-0.3, -0.25) is 33.7 Å². The third kappa shape index (κ3) is 4.01. The Hall–Kier alpha value is -3.28. The molecular formula is C26H31N3O8. The van der Waals surface area contributed by atoms with Gasteiger partial charge < -0.3 is 20.8 Å². The molecule has 1 amide bonds. The van der Waals surface area contributed by atoms with E-state index in [0.717, 1.165) is 0 Å². The highest BCUT2D eigenvalue weighted by Crippen LogP contribution is 2.51. The zero-order chi connectivity index (χ0) is 27.6. The fourth-order valence-corrected chi connectivity index (χ4v) is 6.46. The number of fused-ring (bicyclic) bond motifs is 3. The highest BCUT2D eigenvalue weighted by Gasteiger charge is 2.69. The third-order valence-corrected chi connectivity index (χ3v) is 7.92. The largest absolute Gasteiger partial charge is 0.507 e.